The summed E-state index contributed by atoms with van der Waals surface area (Å²) in [7, 11) is 1.72. The van der Waals surface area contributed by atoms with Crippen molar-refractivity contribution >= 4 is 0 Å². The molecular weight excluding hydrogens is 184 g/mol. The second-order valence-corrected chi connectivity index (χ2v) is 4.73. The summed E-state index contributed by atoms with van der Waals surface area (Å²) in [5.74, 6) is 2.68. The number of benzene rings is 1. The van der Waals surface area contributed by atoms with E-state index in [-0.39, 0.29) is 0 Å². The van der Waals surface area contributed by atoms with E-state index in [1.165, 1.54) is 31.2 Å². The highest BCUT2D eigenvalue weighted by atomic mass is 16.5. The Morgan fingerprint density at radius 1 is 1.00 bits per heavy atom. The molecule has 1 aliphatic carbocycles. The smallest absolute Gasteiger partial charge is 0.118 e. The Balaban J connectivity index is 2.03. The van der Waals surface area contributed by atoms with Crippen LogP contribution in [0.1, 0.15) is 44.1 Å². The van der Waals surface area contributed by atoms with Crippen LogP contribution in [-0.2, 0) is 0 Å². The maximum Gasteiger partial charge on any atom is 0.118 e. The Labute approximate surface area is 92.5 Å². The number of hydrogen-bond acceptors (Lipinski definition) is 1. The molecule has 1 aliphatic rings. The van der Waals surface area contributed by atoms with Crippen molar-refractivity contribution in [3.63, 3.8) is 0 Å². The Hall–Kier alpha value is -0.980. The Morgan fingerprint density at radius 2 is 1.60 bits per heavy atom. The molecule has 0 heterocycles. The van der Waals surface area contributed by atoms with E-state index in [0.717, 1.165) is 17.6 Å². The molecule has 0 spiro atoms. The monoisotopic (exact) mass is 204 g/mol. The fourth-order valence-electron chi connectivity index (χ4n) is 2.47. The van der Waals surface area contributed by atoms with Crippen LogP contribution in [0.25, 0.3) is 0 Å². The largest absolute Gasteiger partial charge is 0.497 e. The zero-order chi connectivity index (χ0) is 10.7. The third kappa shape index (κ3) is 2.53. The molecule has 0 N–H and O–H groups in total. The number of methoxy groups -OCH3 is 1. The van der Waals surface area contributed by atoms with Crippen molar-refractivity contribution < 1.29 is 4.74 Å². The van der Waals surface area contributed by atoms with Gasteiger partial charge in [-0.15, -0.1) is 0 Å². The lowest BCUT2D eigenvalue weighted by Gasteiger charge is -2.26. The van der Waals surface area contributed by atoms with E-state index < -0.39 is 0 Å². The fraction of sp³-hybridized carbons (Fsp3) is 0.571. The minimum Gasteiger partial charge on any atom is -0.497 e. The molecule has 0 aliphatic heterocycles. The van der Waals surface area contributed by atoms with E-state index in [4.69, 9.17) is 4.74 Å². The molecule has 1 heteroatoms. The van der Waals surface area contributed by atoms with Crippen molar-refractivity contribution in [3.05, 3.63) is 29.8 Å². The summed E-state index contributed by atoms with van der Waals surface area (Å²) in [6, 6.07) is 8.60. The molecule has 1 aromatic carbocycles. The number of ether oxygens (including phenoxy) is 1. The molecule has 0 unspecified atom stereocenters. The van der Waals surface area contributed by atoms with Crippen LogP contribution in [0, 0.1) is 5.92 Å². The lowest BCUT2D eigenvalue weighted by Crippen LogP contribution is -2.10. The van der Waals surface area contributed by atoms with Gasteiger partial charge in [-0.05, 0) is 42.4 Å². The molecule has 82 valence electrons. The highest BCUT2D eigenvalue weighted by Crippen LogP contribution is 2.35. The summed E-state index contributed by atoms with van der Waals surface area (Å²) >= 11 is 0. The topological polar surface area (TPSA) is 9.23 Å². The summed E-state index contributed by atoms with van der Waals surface area (Å²) in [6.07, 6.45) is 5.48. The van der Waals surface area contributed by atoms with Gasteiger partial charge in [0.15, 0.2) is 0 Å². The predicted molar refractivity (Wildman–Crippen MR) is 63.4 cm³/mol. The average Bonchev–Trinajstić information content (AvgIpc) is 2.30. The second kappa shape index (κ2) is 4.69. The first-order valence-electron chi connectivity index (χ1n) is 5.93. The van der Waals surface area contributed by atoms with Gasteiger partial charge in [0.25, 0.3) is 0 Å². The van der Waals surface area contributed by atoms with Crippen molar-refractivity contribution in [2.75, 3.05) is 7.11 Å². The molecule has 0 bridgehead atoms. The Morgan fingerprint density at radius 3 is 2.13 bits per heavy atom. The van der Waals surface area contributed by atoms with Gasteiger partial charge in [0.05, 0.1) is 7.11 Å². The normalized spacial score (nSPS) is 26.3. The van der Waals surface area contributed by atoms with Crippen LogP contribution in [0.3, 0.4) is 0 Å². The van der Waals surface area contributed by atoms with Gasteiger partial charge in [-0.3, -0.25) is 0 Å². The van der Waals surface area contributed by atoms with Gasteiger partial charge >= 0.3 is 0 Å². The minimum atomic E-state index is 0.784. The second-order valence-electron chi connectivity index (χ2n) is 4.73. The predicted octanol–water partition coefficient (Wildman–Crippen LogP) is 3.99. The van der Waals surface area contributed by atoms with Gasteiger partial charge in [-0.25, -0.2) is 0 Å². The first kappa shape index (κ1) is 10.5. The SMILES string of the molecule is COc1ccc(C2CCC(C)CC2)cc1. The molecule has 2 rings (SSSR count). The van der Waals surface area contributed by atoms with E-state index in [0.29, 0.717) is 0 Å². The van der Waals surface area contributed by atoms with Crippen LogP contribution >= 0.6 is 0 Å². The Kier molecular flexibility index (Phi) is 3.30. The van der Waals surface area contributed by atoms with E-state index in [1.54, 1.807) is 7.11 Å². The third-order valence-electron chi connectivity index (χ3n) is 3.60. The zero-order valence-corrected chi connectivity index (χ0v) is 9.70. The number of rotatable bonds is 2. The molecule has 0 radical (unpaired) electrons. The lowest BCUT2D eigenvalue weighted by molar-refractivity contribution is 0.347. The van der Waals surface area contributed by atoms with Gasteiger partial charge in [0, 0.05) is 0 Å². The maximum absolute atomic E-state index is 5.17. The van der Waals surface area contributed by atoms with E-state index in [2.05, 4.69) is 31.2 Å². The van der Waals surface area contributed by atoms with Gasteiger partial charge in [0.1, 0.15) is 5.75 Å². The molecule has 1 aromatic rings. The molecule has 0 saturated heterocycles. The zero-order valence-electron chi connectivity index (χ0n) is 9.70. The van der Waals surface area contributed by atoms with Crippen LogP contribution in [0.4, 0.5) is 0 Å². The maximum atomic E-state index is 5.17. The summed E-state index contributed by atoms with van der Waals surface area (Å²) in [5.41, 5.74) is 1.49. The standard InChI is InChI=1S/C14H20O/c1-11-3-5-12(6-4-11)13-7-9-14(15-2)10-8-13/h7-12H,3-6H2,1-2H3. The van der Waals surface area contributed by atoms with Crippen molar-refractivity contribution in [1.82, 2.24) is 0 Å². The van der Waals surface area contributed by atoms with Gasteiger partial charge in [-0.1, -0.05) is 31.9 Å². The van der Waals surface area contributed by atoms with Gasteiger partial charge < -0.3 is 4.74 Å². The third-order valence-corrected chi connectivity index (χ3v) is 3.60. The number of hydrogen-bond donors (Lipinski definition) is 0. The molecule has 1 nitrogen and oxygen atoms in total. The molecule has 15 heavy (non-hydrogen) atoms. The molecule has 1 fully saturated rings. The molecule has 0 aromatic heterocycles. The molecule has 0 amide bonds. The van der Waals surface area contributed by atoms with Crippen LogP contribution in [0.15, 0.2) is 24.3 Å². The van der Waals surface area contributed by atoms with E-state index in [1.807, 2.05) is 0 Å². The first-order valence-corrected chi connectivity index (χ1v) is 5.93. The summed E-state index contributed by atoms with van der Waals surface area (Å²) in [5, 5.41) is 0. The van der Waals surface area contributed by atoms with Crippen molar-refractivity contribution in [2.45, 2.75) is 38.5 Å². The molecule has 1 saturated carbocycles. The van der Waals surface area contributed by atoms with E-state index in [9.17, 15) is 0 Å². The van der Waals surface area contributed by atoms with Gasteiger partial charge in [0.2, 0.25) is 0 Å². The minimum absolute atomic E-state index is 0.784. The first-order chi connectivity index (χ1) is 7.29. The van der Waals surface area contributed by atoms with Crippen LogP contribution in [0.5, 0.6) is 5.75 Å². The van der Waals surface area contributed by atoms with Crippen molar-refractivity contribution in [1.29, 1.82) is 0 Å². The highest BCUT2D eigenvalue weighted by molar-refractivity contribution is 5.29. The van der Waals surface area contributed by atoms with Crippen LogP contribution in [-0.4, -0.2) is 7.11 Å². The van der Waals surface area contributed by atoms with Gasteiger partial charge in [-0.2, -0.15) is 0 Å². The highest BCUT2D eigenvalue weighted by Gasteiger charge is 2.19. The summed E-state index contributed by atoms with van der Waals surface area (Å²) in [4.78, 5) is 0. The molecule has 0 atom stereocenters. The summed E-state index contributed by atoms with van der Waals surface area (Å²) < 4.78 is 5.17. The fourth-order valence-corrected chi connectivity index (χ4v) is 2.47. The van der Waals surface area contributed by atoms with Crippen LogP contribution in [0.2, 0.25) is 0 Å². The molecular formula is C14H20O. The van der Waals surface area contributed by atoms with Crippen LogP contribution < -0.4 is 4.74 Å². The Bertz CT molecular complexity index is 294. The quantitative estimate of drug-likeness (QED) is 0.707. The van der Waals surface area contributed by atoms with Crippen molar-refractivity contribution in [2.24, 2.45) is 5.92 Å². The average molecular weight is 204 g/mol. The van der Waals surface area contributed by atoms with E-state index >= 15 is 0 Å². The lowest BCUT2D eigenvalue weighted by atomic mass is 9.79. The van der Waals surface area contributed by atoms with Crippen molar-refractivity contribution in [3.8, 4) is 5.75 Å². The summed E-state index contributed by atoms with van der Waals surface area (Å²) in [6.45, 7) is 2.37.